The minimum Gasteiger partial charge on any atom is -0.478 e. The van der Waals surface area contributed by atoms with E-state index in [1.54, 1.807) is 7.11 Å². The number of nitrogens with zero attached hydrogens (tertiary/aromatic N) is 1. The SMILES string of the molecule is CCC(CC)N(CCOC)Cc1cc(F)cc(C(=O)O)c1. The van der Waals surface area contributed by atoms with Crippen molar-refractivity contribution >= 4 is 5.97 Å². The summed E-state index contributed by atoms with van der Waals surface area (Å²) in [6.07, 6.45) is 1.97. The molecule has 0 saturated heterocycles. The van der Waals surface area contributed by atoms with Gasteiger partial charge in [0.25, 0.3) is 0 Å². The molecule has 0 amide bonds. The quantitative estimate of drug-likeness (QED) is 0.760. The maximum Gasteiger partial charge on any atom is 0.335 e. The topological polar surface area (TPSA) is 49.8 Å². The van der Waals surface area contributed by atoms with Gasteiger partial charge in [-0.25, -0.2) is 9.18 Å². The van der Waals surface area contributed by atoms with Gasteiger partial charge in [0, 0.05) is 26.2 Å². The highest BCUT2D eigenvalue weighted by atomic mass is 19.1. The van der Waals surface area contributed by atoms with E-state index in [1.165, 1.54) is 12.1 Å². The van der Waals surface area contributed by atoms with Crippen molar-refractivity contribution in [1.82, 2.24) is 4.90 Å². The third kappa shape index (κ3) is 5.44. The average Bonchev–Trinajstić information content (AvgIpc) is 2.45. The molecule has 0 aliphatic heterocycles. The molecule has 0 aromatic heterocycles. The van der Waals surface area contributed by atoms with Gasteiger partial charge < -0.3 is 9.84 Å². The van der Waals surface area contributed by atoms with Crippen LogP contribution in [0.4, 0.5) is 4.39 Å². The summed E-state index contributed by atoms with van der Waals surface area (Å²) in [5, 5.41) is 9.01. The molecule has 0 radical (unpaired) electrons. The van der Waals surface area contributed by atoms with Crippen molar-refractivity contribution in [2.45, 2.75) is 39.3 Å². The van der Waals surface area contributed by atoms with Crippen LogP contribution in [0.3, 0.4) is 0 Å². The van der Waals surface area contributed by atoms with Crippen molar-refractivity contribution in [3.63, 3.8) is 0 Å². The Labute approximate surface area is 125 Å². The van der Waals surface area contributed by atoms with Crippen LogP contribution in [0.25, 0.3) is 0 Å². The van der Waals surface area contributed by atoms with E-state index in [4.69, 9.17) is 9.84 Å². The molecule has 4 nitrogen and oxygen atoms in total. The Morgan fingerprint density at radius 3 is 2.52 bits per heavy atom. The lowest BCUT2D eigenvalue weighted by molar-refractivity contribution is 0.0695. The second kappa shape index (κ2) is 8.74. The molecule has 0 unspecified atom stereocenters. The van der Waals surface area contributed by atoms with E-state index >= 15 is 0 Å². The number of halogens is 1. The Bertz CT molecular complexity index is 461. The third-order valence-corrected chi connectivity index (χ3v) is 3.63. The minimum atomic E-state index is -1.11. The highest BCUT2D eigenvalue weighted by Gasteiger charge is 2.16. The first-order chi connectivity index (χ1) is 10.0. The largest absolute Gasteiger partial charge is 0.478 e. The van der Waals surface area contributed by atoms with Gasteiger partial charge in [-0.1, -0.05) is 13.8 Å². The van der Waals surface area contributed by atoms with Crippen molar-refractivity contribution in [3.8, 4) is 0 Å². The molecule has 0 atom stereocenters. The number of benzene rings is 1. The summed E-state index contributed by atoms with van der Waals surface area (Å²) < 4.78 is 18.7. The van der Waals surface area contributed by atoms with Crippen LogP contribution in [0.5, 0.6) is 0 Å². The van der Waals surface area contributed by atoms with Gasteiger partial charge in [-0.05, 0) is 36.6 Å². The van der Waals surface area contributed by atoms with Crippen LogP contribution in [-0.2, 0) is 11.3 Å². The van der Waals surface area contributed by atoms with Crippen LogP contribution < -0.4 is 0 Å². The highest BCUT2D eigenvalue weighted by Crippen LogP contribution is 2.16. The molecule has 1 aromatic carbocycles. The molecule has 0 saturated carbocycles. The summed E-state index contributed by atoms with van der Waals surface area (Å²) in [4.78, 5) is 13.2. The smallest absolute Gasteiger partial charge is 0.335 e. The normalized spacial score (nSPS) is 11.3. The summed E-state index contributed by atoms with van der Waals surface area (Å²) in [6, 6.07) is 4.35. The number of ether oxygens (including phenoxy) is 1. The Hall–Kier alpha value is -1.46. The van der Waals surface area contributed by atoms with Crippen molar-refractivity contribution in [3.05, 3.63) is 35.1 Å². The molecule has 21 heavy (non-hydrogen) atoms. The molecule has 0 heterocycles. The number of aromatic carboxylic acids is 1. The standard InChI is InChI=1S/C16H24FNO3/c1-4-15(5-2)18(6-7-21-3)11-12-8-13(16(19)20)10-14(17)9-12/h8-10,15H,4-7,11H2,1-3H3,(H,19,20). The van der Waals surface area contributed by atoms with Gasteiger partial charge in [-0.2, -0.15) is 0 Å². The lowest BCUT2D eigenvalue weighted by atomic mass is 10.1. The van der Waals surface area contributed by atoms with E-state index in [0.29, 0.717) is 24.8 Å². The van der Waals surface area contributed by atoms with Gasteiger partial charge >= 0.3 is 5.97 Å². The van der Waals surface area contributed by atoms with Gasteiger partial charge in [-0.3, -0.25) is 4.90 Å². The molecular weight excluding hydrogens is 273 g/mol. The van der Waals surface area contributed by atoms with Crippen molar-refractivity contribution in [2.24, 2.45) is 0 Å². The van der Waals surface area contributed by atoms with Gasteiger partial charge in [0.2, 0.25) is 0 Å². The average molecular weight is 297 g/mol. The van der Waals surface area contributed by atoms with Crippen LogP contribution in [0.2, 0.25) is 0 Å². The molecule has 0 spiro atoms. The molecule has 1 N–H and O–H groups in total. The van der Waals surface area contributed by atoms with E-state index in [0.717, 1.165) is 25.5 Å². The monoisotopic (exact) mass is 297 g/mol. The predicted octanol–water partition coefficient (Wildman–Crippen LogP) is 3.16. The van der Waals surface area contributed by atoms with Crippen LogP contribution in [0.1, 0.15) is 42.6 Å². The number of rotatable bonds is 9. The maximum absolute atomic E-state index is 13.5. The lowest BCUT2D eigenvalue weighted by Gasteiger charge is -2.30. The Kier molecular flexibility index (Phi) is 7.32. The first-order valence-electron chi connectivity index (χ1n) is 7.27. The Morgan fingerprint density at radius 2 is 2.00 bits per heavy atom. The van der Waals surface area contributed by atoms with Gasteiger partial charge in [-0.15, -0.1) is 0 Å². The summed E-state index contributed by atoms with van der Waals surface area (Å²) >= 11 is 0. The number of methoxy groups -OCH3 is 1. The third-order valence-electron chi connectivity index (χ3n) is 3.63. The number of carboxylic acid groups (broad SMARTS) is 1. The van der Waals surface area contributed by atoms with Crippen molar-refractivity contribution in [1.29, 1.82) is 0 Å². The number of hydrogen-bond acceptors (Lipinski definition) is 3. The summed E-state index contributed by atoms with van der Waals surface area (Å²) in [5.74, 6) is -1.62. The molecule has 0 aliphatic carbocycles. The number of carbonyl (C=O) groups is 1. The first kappa shape index (κ1) is 17.6. The second-order valence-electron chi connectivity index (χ2n) is 5.09. The fourth-order valence-electron chi connectivity index (χ4n) is 2.50. The zero-order chi connectivity index (χ0) is 15.8. The molecule has 0 bridgehead atoms. The van der Waals surface area contributed by atoms with Crippen LogP contribution in [-0.4, -0.2) is 42.3 Å². The van der Waals surface area contributed by atoms with E-state index in [1.807, 2.05) is 0 Å². The van der Waals surface area contributed by atoms with E-state index < -0.39 is 11.8 Å². The summed E-state index contributed by atoms with van der Waals surface area (Å²) in [5.41, 5.74) is 0.664. The fourth-order valence-corrected chi connectivity index (χ4v) is 2.50. The van der Waals surface area contributed by atoms with Crippen LogP contribution >= 0.6 is 0 Å². The van der Waals surface area contributed by atoms with Gasteiger partial charge in [0.05, 0.1) is 12.2 Å². The number of carboxylic acids is 1. The second-order valence-corrected chi connectivity index (χ2v) is 5.09. The van der Waals surface area contributed by atoms with Gasteiger partial charge in [0.1, 0.15) is 5.82 Å². The van der Waals surface area contributed by atoms with Crippen LogP contribution in [0.15, 0.2) is 18.2 Å². The highest BCUT2D eigenvalue weighted by molar-refractivity contribution is 5.87. The van der Waals surface area contributed by atoms with Crippen LogP contribution in [0, 0.1) is 5.82 Å². The molecule has 5 heteroatoms. The van der Waals surface area contributed by atoms with Gasteiger partial charge in [0.15, 0.2) is 0 Å². The molecule has 1 aromatic rings. The molecule has 0 fully saturated rings. The summed E-state index contributed by atoms with van der Waals surface area (Å²) in [7, 11) is 1.65. The molecular formula is C16H24FNO3. The van der Waals surface area contributed by atoms with E-state index in [2.05, 4.69) is 18.7 Å². The fraction of sp³-hybridized carbons (Fsp3) is 0.562. The predicted molar refractivity (Wildman–Crippen MR) is 80.0 cm³/mol. The lowest BCUT2D eigenvalue weighted by Crippen LogP contribution is -2.36. The zero-order valence-corrected chi connectivity index (χ0v) is 12.9. The van der Waals surface area contributed by atoms with Crippen molar-refractivity contribution in [2.75, 3.05) is 20.3 Å². The van der Waals surface area contributed by atoms with Crippen molar-refractivity contribution < 1.29 is 19.0 Å². The summed E-state index contributed by atoms with van der Waals surface area (Å²) in [6.45, 7) is 6.08. The minimum absolute atomic E-state index is 0.0127. The Morgan fingerprint density at radius 1 is 1.33 bits per heavy atom. The molecule has 0 aliphatic rings. The number of hydrogen-bond donors (Lipinski definition) is 1. The maximum atomic E-state index is 13.5. The first-order valence-corrected chi connectivity index (χ1v) is 7.27. The van der Waals surface area contributed by atoms with E-state index in [9.17, 15) is 9.18 Å². The molecule has 118 valence electrons. The Balaban J connectivity index is 2.93. The van der Waals surface area contributed by atoms with E-state index in [-0.39, 0.29) is 5.56 Å². The molecule has 1 rings (SSSR count). The zero-order valence-electron chi connectivity index (χ0n) is 12.9.